The van der Waals surface area contributed by atoms with Crippen LogP contribution in [0.5, 0.6) is 0 Å². The molecule has 0 saturated carbocycles. The van der Waals surface area contributed by atoms with E-state index in [9.17, 15) is 4.79 Å². The smallest absolute Gasteiger partial charge is 0.222 e. The molecule has 2 nitrogen and oxygen atoms in total. The Morgan fingerprint density at radius 1 is 0.433 bits per heavy atom. The maximum absolute atomic E-state index is 12.6. The lowest BCUT2D eigenvalue weighted by molar-refractivity contribution is -0.131. The SMILES string of the molecule is CCCCCCCCCCCCCCCCCC(=O)N(CCCCC)CCCCC. The topological polar surface area (TPSA) is 20.3 Å². The van der Waals surface area contributed by atoms with Gasteiger partial charge in [-0.3, -0.25) is 4.79 Å². The molecule has 0 heterocycles. The Labute approximate surface area is 191 Å². The Morgan fingerprint density at radius 3 is 1.10 bits per heavy atom. The van der Waals surface area contributed by atoms with E-state index in [-0.39, 0.29) is 0 Å². The monoisotopic (exact) mass is 423 g/mol. The van der Waals surface area contributed by atoms with Crippen molar-refractivity contribution in [3.05, 3.63) is 0 Å². The molecule has 0 aliphatic carbocycles. The Hall–Kier alpha value is -0.530. The van der Waals surface area contributed by atoms with Crippen molar-refractivity contribution in [2.45, 2.75) is 162 Å². The molecule has 180 valence electrons. The van der Waals surface area contributed by atoms with Crippen molar-refractivity contribution < 1.29 is 4.79 Å². The quantitative estimate of drug-likeness (QED) is 0.141. The van der Waals surface area contributed by atoms with E-state index in [1.54, 1.807) is 0 Å². The first-order chi connectivity index (χ1) is 14.8. The van der Waals surface area contributed by atoms with Crippen LogP contribution < -0.4 is 0 Å². The summed E-state index contributed by atoms with van der Waals surface area (Å²) >= 11 is 0. The molecule has 0 aliphatic rings. The first-order valence-electron chi connectivity index (χ1n) is 14.0. The van der Waals surface area contributed by atoms with Crippen LogP contribution in [0.25, 0.3) is 0 Å². The van der Waals surface area contributed by atoms with Gasteiger partial charge in [0.2, 0.25) is 5.91 Å². The first kappa shape index (κ1) is 29.5. The van der Waals surface area contributed by atoms with Gasteiger partial charge in [0.25, 0.3) is 0 Å². The summed E-state index contributed by atoms with van der Waals surface area (Å²) < 4.78 is 0. The largest absolute Gasteiger partial charge is 0.343 e. The molecule has 0 aromatic rings. The Kier molecular flexibility index (Phi) is 24.3. The Bertz CT molecular complexity index is 332. The molecule has 1 amide bonds. The van der Waals surface area contributed by atoms with Gasteiger partial charge in [0.1, 0.15) is 0 Å². The minimum Gasteiger partial charge on any atom is -0.343 e. The van der Waals surface area contributed by atoms with E-state index in [0.29, 0.717) is 5.91 Å². The van der Waals surface area contributed by atoms with Crippen molar-refractivity contribution in [1.29, 1.82) is 0 Å². The van der Waals surface area contributed by atoms with E-state index in [4.69, 9.17) is 0 Å². The fourth-order valence-electron chi connectivity index (χ4n) is 4.27. The normalized spacial score (nSPS) is 11.2. The zero-order valence-electron chi connectivity index (χ0n) is 21.3. The van der Waals surface area contributed by atoms with Crippen molar-refractivity contribution in [2.24, 2.45) is 0 Å². The van der Waals surface area contributed by atoms with Crippen LogP contribution in [0.1, 0.15) is 162 Å². The summed E-state index contributed by atoms with van der Waals surface area (Å²) in [5.41, 5.74) is 0. The average molecular weight is 424 g/mol. The van der Waals surface area contributed by atoms with E-state index < -0.39 is 0 Å². The standard InChI is InChI=1S/C28H57NO/c1-4-7-10-11-12-13-14-15-16-17-18-19-20-21-22-25-28(30)29(26-23-8-5-2)27-24-9-6-3/h4-27H2,1-3H3. The lowest BCUT2D eigenvalue weighted by atomic mass is 10.0. The fraction of sp³-hybridized carbons (Fsp3) is 0.964. The van der Waals surface area contributed by atoms with Gasteiger partial charge in [0.05, 0.1) is 0 Å². The van der Waals surface area contributed by atoms with Crippen LogP contribution in [0.4, 0.5) is 0 Å². The molecule has 0 saturated heterocycles. The molecule has 0 fully saturated rings. The fourth-order valence-corrected chi connectivity index (χ4v) is 4.27. The van der Waals surface area contributed by atoms with Crippen LogP contribution in [-0.2, 0) is 4.79 Å². The highest BCUT2D eigenvalue weighted by atomic mass is 16.2. The second kappa shape index (κ2) is 24.7. The molecule has 0 atom stereocenters. The lowest BCUT2D eigenvalue weighted by Gasteiger charge is -2.23. The van der Waals surface area contributed by atoms with Crippen molar-refractivity contribution in [3.8, 4) is 0 Å². The minimum atomic E-state index is 0.414. The Balaban J connectivity index is 3.53. The average Bonchev–Trinajstić information content (AvgIpc) is 2.75. The van der Waals surface area contributed by atoms with Crippen molar-refractivity contribution in [2.75, 3.05) is 13.1 Å². The third-order valence-corrected chi connectivity index (χ3v) is 6.41. The second-order valence-corrected chi connectivity index (χ2v) is 9.49. The number of carbonyl (C=O) groups excluding carboxylic acids is 1. The molecule has 0 aliphatic heterocycles. The van der Waals surface area contributed by atoms with Crippen molar-refractivity contribution in [3.63, 3.8) is 0 Å². The van der Waals surface area contributed by atoms with Crippen LogP contribution in [0, 0.1) is 0 Å². The lowest BCUT2D eigenvalue weighted by Crippen LogP contribution is -2.32. The molecule has 0 radical (unpaired) electrons. The molecule has 0 rings (SSSR count). The van der Waals surface area contributed by atoms with Crippen molar-refractivity contribution >= 4 is 5.91 Å². The maximum Gasteiger partial charge on any atom is 0.222 e. The van der Waals surface area contributed by atoms with Crippen molar-refractivity contribution in [1.82, 2.24) is 4.90 Å². The highest BCUT2D eigenvalue weighted by molar-refractivity contribution is 5.76. The predicted octanol–water partition coefficient (Wildman–Crippen LogP) is 9.46. The molecule has 0 spiro atoms. The minimum absolute atomic E-state index is 0.414. The number of unbranched alkanes of at least 4 members (excludes halogenated alkanes) is 18. The summed E-state index contributed by atoms with van der Waals surface area (Å²) in [5, 5.41) is 0. The molecule has 0 unspecified atom stereocenters. The number of hydrogen-bond donors (Lipinski definition) is 0. The molecule has 0 bridgehead atoms. The maximum atomic E-state index is 12.6. The molecule has 0 aromatic heterocycles. The van der Waals surface area contributed by atoms with E-state index >= 15 is 0 Å². The van der Waals surface area contributed by atoms with E-state index in [2.05, 4.69) is 25.7 Å². The highest BCUT2D eigenvalue weighted by Crippen LogP contribution is 2.14. The molecule has 0 N–H and O–H groups in total. The summed E-state index contributed by atoms with van der Waals surface area (Å²) in [6, 6.07) is 0. The molecule has 0 aromatic carbocycles. The summed E-state index contributed by atoms with van der Waals surface area (Å²) in [5.74, 6) is 0.414. The predicted molar refractivity (Wildman–Crippen MR) is 135 cm³/mol. The highest BCUT2D eigenvalue weighted by Gasteiger charge is 2.12. The van der Waals surface area contributed by atoms with Crippen LogP contribution in [0.15, 0.2) is 0 Å². The zero-order chi connectivity index (χ0) is 22.1. The van der Waals surface area contributed by atoms with Gasteiger partial charge in [-0.25, -0.2) is 0 Å². The van der Waals surface area contributed by atoms with Crippen LogP contribution in [0.3, 0.4) is 0 Å². The first-order valence-corrected chi connectivity index (χ1v) is 14.0. The number of hydrogen-bond acceptors (Lipinski definition) is 1. The summed E-state index contributed by atoms with van der Waals surface area (Å²) in [7, 11) is 0. The van der Waals surface area contributed by atoms with Crippen LogP contribution >= 0.6 is 0 Å². The van der Waals surface area contributed by atoms with Gasteiger partial charge in [-0.2, -0.15) is 0 Å². The molecule has 30 heavy (non-hydrogen) atoms. The van der Waals surface area contributed by atoms with Gasteiger partial charge < -0.3 is 4.90 Å². The van der Waals surface area contributed by atoms with Gasteiger partial charge >= 0.3 is 0 Å². The number of amides is 1. The third kappa shape index (κ3) is 20.7. The van der Waals surface area contributed by atoms with E-state index in [0.717, 1.165) is 25.9 Å². The summed E-state index contributed by atoms with van der Waals surface area (Å²) in [6.07, 6.45) is 28.8. The van der Waals surface area contributed by atoms with Gasteiger partial charge in [0, 0.05) is 19.5 Å². The van der Waals surface area contributed by atoms with Gasteiger partial charge in [0.15, 0.2) is 0 Å². The third-order valence-electron chi connectivity index (χ3n) is 6.41. The molecule has 2 heteroatoms. The number of carbonyl (C=O) groups is 1. The van der Waals surface area contributed by atoms with Crippen LogP contribution in [0.2, 0.25) is 0 Å². The Morgan fingerprint density at radius 2 is 0.733 bits per heavy atom. The van der Waals surface area contributed by atoms with Gasteiger partial charge in [-0.1, -0.05) is 136 Å². The number of nitrogens with zero attached hydrogens (tertiary/aromatic N) is 1. The second-order valence-electron chi connectivity index (χ2n) is 9.49. The van der Waals surface area contributed by atoms with Gasteiger partial charge in [-0.05, 0) is 19.3 Å². The molecular weight excluding hydrogens is 366 g/mol. The number of rotatable bonds is 24. The zero-order valence-corrected chi connectivity index (χ0v) is 21.3. The van der Waals surface area contributed by atoms with Crippen LogP contribution in [-0.4, -0.2) is 23.9 Å². The van der Waals surface area contributed by atoms with E-state index in [1.165, 1.54) is 128 Å². The summed E-state index contributed by atoms with van der Waals surface area (Å²) in [6.45, 7) is 8.72. The van der Waals surface area contributed by atoms with Gasteiger partial charge in [-0.15, -0.1) is 0 Å². The van der Waals surface area contributed by atoms with E-state index in [1.807, 2.05) is 0 Å². The molecular formula is C28H57NO. The summed E-state index contributed by atoms with van der Waals surface area (Å²) in [4.78, 5) is 14.8.